The van der Waals surface area contributed by atoms with Gasteiger partial charge in [-0.1, -0.05) is 6.07 Å². The van der Waals surface area contributed by atoms with Crippen LogP contribution in [0.3, 0.4) is 0 Å². The van der Waals surface area contributed by atoms with E-state index in [9.17, 15) is 4.79 Å². The molecule has 1 aliphatic carbocycles. The fourth-order valence-corrected chi connectivity index (χ4v) is 4.51. The molecule has 9 heteroatoms. The van der Waals surface area contributed by atoms with E-state index in [1.54, 1.807) is 17.1 Å². The smallest absolute Gasteiger partial charge is 0.278 e. The summed E-state index contributed by atoms with van der Waals surface area (Å²) in [6.45, 7) is 5.87. The molecular formula is C23H26N8O. The zero-order chi connectivity index (χ0) is 21.8. The maximum absolute atomic E-state index is 13.2. The van der Waals surface area contributed by atoms with Crippen molar-refractivity contribution in [2.24, 2.45) is 0 Å². The lowest BCUT2D eigenvalue weighted by molar-refractivity contribution is 0.458. The maximum Gasteiger partial charge on any atom is 0.278 e. The van der Waals surface area contributed by atoms with Crippen LogP contribution in [0.15, 0.2) is 41.6 Å². The number of anilines is 2. The molecule has 1 aliphatic heterocycles. The van der Waals surface area contributed by atoms with Crippen molar-refractivity contribution in [2.75, 3.05) is 11.9 Å². The fourth-order valence-electron chi connectivity index (χ4n) is 4.51. The first-order valence-corrected chi connectivity index (χ1v) is 11.2. The minimum atomic E-state index is -0.105. The molecule has 0 unspecified atom stereocenters. The van der Waals surface area contributed by atoms with Crippen LogP contribution in [0, 0.1) is 0 Å². The maximum atomic E-state index is 13.2. The van der Waals surface area contributed by atoms with E-state index in [0.29, 0.717) is 23.0 Å². The van der Waals surface area contributed by atoms with Crippen molar-refractivity contribution in [1.82, 2.24) is 34.2 Å². The second-order valence-corrected chi connectivity index (χ2v) is 8.89. The van der Waals surface area contributed by atoms with Gasteiger partial charge in [-0.15, -0.1) is 0 Å². The van der Waals surface area contributed by atoms with Crippen LogP contribution in [0.4, 0.5) is 11.6 Å². The van der Waals surface area contributed by atoms with Gasteiger partial charge < -0.3 is 15.2 Å². The van der Waals surface area contributed by atoms with Crippen molar-refractivity contribution in [3.05, 3.63) is 58.3 Å². The molecule has 0 bridgehead atoms. The zero-order valence-corrected chi connectivity index (χ0v) is 18.2. The number of imidazole rings is 1. The van der Waals surface area contributed by atoms with E-state index in [2.05, 4.69) is 43.4 Å². The number of nitrogens with zero attached hydrogens (tertiary/aromatic N) is 6. The molecule has 1 saturated carbocycles. The van der Waals surface area contributed by atoms with E-state index >= 15 is 0 Å². The Morgan fingerprint density at radius 1 is 1.19 bits per heavy atom. The fraction of sp³-hybridized carbons (Fsp3) is 0.391. The van der Waals surface area contributed by atoms with Gasteiger partial charge in [-0.3, -0.25) is 4.79 Å². The second kappa shape index (κ2) is 7.30. The third kappa shape index (κ3) is 3.12. The van der Waals surface area contributed by atoms with Crippen LogP contribution >= 0.6 is 0 Å². The topological polar surface area (TPSA) is 94.6 Å². The quantitative estimate of drug-likeness (QED) is 0.505. The normalized spacial score (nSPS) is 16.0. The number of fused-ring (bicyclic) bond motifs is 2. The van der Waals surface area contributed by atoms with Crippen molar-refractivity contribution in [3.8, 4) is 5.95 Å². The van der Waals surface area contributed by atoms with Gasteiger partial charge in [-0.2, -0.15) is 9.67 Å². The molecule has 0 radical (unpaired) electrons. The highest BCUT2D eigenvalue weighted by atomic mass is 16.1. The van der Waals surface area contributed by atoms with Crippen molar-refractivity contribution < 1.29 is 0 Å². The van der Waals surface area contributed by atoms with Crippen LogP contribution in [0.1, 0.15) is 49.9 Å². The first-order valence-electron chi connectivity index (χ1n) is 11.2. The summed E-state index contributed by atoms with van der Waals surface area (Å²) in [5.74, 6) is 1.18. The summed E-state index contributed by atoms with van der Waals surface area (Å²) >= 11 is 0. The second-order valence-electron chi connectivity index (χ2n) is 8.89. The summed E-state index contributed by atoms with van der Waals surface area (Å²) in [4.78, 5) is 27.0. The Kier molecular flexibility index (Phi) is 4.39. The van der Waals surface area contributed by atoms with E-state index in [1.807, 2.05) is 24.7 Å². The van der Waals surface area contributed by atoms with Gasteiger partial charge in [-0.25, -0.2) is 14.6 Å². The number of aromatic nitrogens is 6. The summed E-state index contributed by atoms with van der Waals surface area (Å²) in [6, 6.07) is 6.74. The highest BCUT2D eigenvalue weighted by molar-refractivity contribution is 5.77. The Hall–Kier alpha value is -3.46. The molecule has 0 saturated heterocycles. The van der Waals surface area contributed by atoms with Crippen LogP contribution < -0.4 is 16.2 Å². The van der Waals surface area contributed by atoms with Crippen molar-refractivity contribution in [3.63, 3.8) is 0 Å². The van der Waals surface area contributed by atoms with Gasteiger partial charge in [0.2, 0.25) is 11.9 Å². The lowest BCUT2D eigenvalue weighted by Gasteiger charge is -2.18. The lowest BCUT2D eigenvalue weighted by atomic mass is 10.0. The largest absolute Gasteiger partial charge is 0.324 e. The molecule has 2 N–H and O–H groups in total. The molecule has 0 atom stereocenters. The number of hydrogen-bond donors (Lipinski definition) is 2. The molecule has 1 fully saturated rings. The molecule has 3 aromatic heterocycles. The SMILES string of the molecule is CC(C)n1c(=O)c2cnc(Nc3ccc4c(c3)CNCC4)nc2n1-c1nccn1C1CC1. The number of nitrogens with one attached hydrogen (secondary N) is 2. The Bertz CT molecular complexity index is 1370. The minimum absolute atomic E-state index is 0.0504. The molecule has 9 nitrogen and oxygen atoms in total. The predicted molar refractivity (Wildman–Crippen MR) is 123 cm³/mol. The first-order chi connectivity index (χ1) is 15.6. The molecule has 1 aromatic carbocycles. The van der Waals surface area contributed by atoms with E-state index in [-0.39, 0.29) is 11.6 Å². The zero-order valence-electron chi connectivity index (χ0n) is 18.2. The molecule has 164 valence electrons. The number of benzene rings is 1. The summed E-state index contributed by atoms with van der Waals surface area (Å²) in [7, 11) is 0. The van der Waals surface area contributed by atoms with Gasteiger partial charge in [0, 0.05) is 42.9 Å². The summed E-state index contributed by atoms with van der Waals surface area (Å²) in [6.07, 6.45) is 8.69. The van der Waals surface area contributed by atoms with Crippen molar-refractivity contribution >= 4 is 22.7 Å². The highest BCUT2D eigenvalue weighted by Crippen LogP contribution is 2.36. The Balaban J connectivity index is 1.47. The Labute approximate surface area is 185 Å². The van der Waals surface area contributed by atoms with Crippen LogP contribution in [-0.4, -0.2) is 35.4 Å². The van der Waals surface area contributed by atoms with Gasteiger partial charge >= 0.3 is 0 Å². The number of rotatable bonds is 5. The van der Waals surface area contributed by atoms with E-state index in [1.165, 1.54) is 11.1 Å². The molecule has 4 heterocycles. The van der Waals surface area contributed by atoms with Crippen molar-refractivity contribution in [1.29, 1.82) is 0 Å². The first kappa shape index (κ1) is 19.2. The van der Waals surface area contributed by atoms with Gasteiger partial charge in [0.1, 0.15) is 5.39 Å². The van der Waals surface area contributed by atoms with Crippen LogP contribution in [0.5, 0.6) is 0 Å². The van der Waals surface area contributed by atoms with Gasteiger partial charge in [-0.05, 0) is 62.9 Å². The van der Waals surface area contributed by atoms with E-state index in [4.69, 9.17) is 4.98 Å². The van der Waals surface area contributed by atoms with Crippen LogP contribution in [-0.2, 0) is 13.0 Å². The molecule has 4 aromatic rings. The third-order valence-electron chi connectivity index (χ3n) is 6.24. The summed E-state index contributed by atoms with van der Waals surface area (Å²) in [5.41, 5.74) is 4.06. The molecule has 0 amide bonds. The van der Waals surface area contributed by atoms with Gasteiger partial charge in [0.15, 0.2) is 5.65 Å². The van der Waals surface area contributed by atoms with E-state index in [0.717, 1.165) is 44.0 Å². The van der Waals surface area contributed by atoms with Crippen molar-refractivity contribution in [2.45, 2.75) is 51.7 Å². The van der Waals surface area contributed by atoms with Gasteiger partial charge in [0.25, 0.3) is 5.56 Å². The summed E-state index contributed by atoms with van der Waals surface area (Å²) < 4.78 is 5.71. The highest BCUT2D eigenvalue weighted by Gasteiger charge is 2.29. The average Bonchev–Trinajstić information content (AvgIpc) is 3.45. The summed E-state index contributed by atoms with van der Waals surface area (Å²) in [5, 5.41) is 7.22. The Morgan fingerprint density at radius 2 is 2.06 bits per heavy atom. The molecule has 0 spiro atoms. The van der Waals surface area contributed by atoms with E-state index < -0.39 is 0 Å². The monoisotopic (exact) mass is 430 g/mol. The molecule has 2 aliphatic rings. The number of hydrogen-bond acceptors (Lipinski definition) is 6. The third-order valence-corrected chi connectivity index (χ3v) is 6.24. The lowest BCUT2D eigenvalue weighted by Crippen LogP contribution is -2.25. The average molecular weight is 431 g/mol. The van der Waals surface area contributed by atoms with Crippen LogP contribution in [0.2, 0.25) is 0 Å². The Morgan fingerprint density at radius 3 is 2.88 bits per heavy atom. The molecular weight excluding hydrogens is 404 g/mol. The van der Waals surface area contributed by atoms with Gasteiger partial charge in [0.05, 0.1) is 0 Å². The predicted octanol–water partition coefficient (Wildman–Crippen LogP) is 3.08. The minimum Gasteiger partial charge on any atom is -0.324 e. The standard InChI is InChI=1S/C23H26N8O/c1-14(2)30-21(32)19-13-26-22(27-17-4-3-15-7-8-24-12-16(15)11-17)28-20(19)31(30)23-25-9-10-29(23)18-5-6-18/h3-4,9-11,13-14,18,24H,5-8,12H2,1-2H3,(H,26,27,28). The van der Waals surface area contributed by atoms with Crippen LogP contribution in [0.25, 0.3) is 17.0 Å². The molecule has 6 rings (SSSR count). The molecule has 32 heavy (non-hydrogen) atoms.